The molecule has 1 aliphatic carbocycles. The van der Waals surface area contributed by atoms with E-state index >= 15 is 0 Å². The maximum atomic E-state index is 10.6. The van der Waals surface area contributed by atoms with Gasteiger partial charge in [-0.05, 0) is 30.6 Å². The summed E-state index contributed by atoms with van der Waals surface area (Å²) in [5.74, 6) is 1.85. The Morgan fingerprint density at radius 1 is 1.33 bits per heavy atom. The molecule has 0 bridgehead atoms. The number of nitroso groups, excluding NO2 is 1. The Labute approximate surface area is 74.7 Å². The van der Waals surface area contributed by atoms with Gasteiger partial charge in [0.15, 0.2) is 0 Å². The second kappa shape index (κ2) is 4.01. The predicted octanol–water partition coefficient (Wildman–Crippen LogP) is 3.21. The molecule has 0 radical (unpaired) electrons. The van der Waals surface area contributed by atoms with Crippen LogP contribution in [0.5, 0.6) is 0 Å². The van der Waals surface area contributed by atoms with E-state index in [2.05, 4.69) is 25.9 Å². The van der Waals surface area contributed by atoms with Crippen LogP contribution in [0.2, 0.25) is 0 Å². The van der Waals surface area contributed by atoms with Gasteiger partial charge in [-0.25, -0.2) is 0 Å². The first-order chi connectivity index (χ1) is 5.65. The van der Waals surface area contributed by atoms with Crippen molar-refractivity contribution in [2.45, 2.75) is 46.1 Å². The monoisotopic (exact) mass is 169 g/mol. The van der Waals surface area contributed by atoms with Gasteiger partial charge in [0.1, 0.15) is 0 Å². The van der Waals surface area contributed by atoms with Crippen molar-refractivity contribution >= 4 is 0 Å². The fourth-order valence-electron chi connectivity index (χ4n) is 2.27. The van der Waals surface area contributed by atoms with Crippen molar-refractivity contribution in [3.8, 4) is 0 Å². The van der Waals surface area contributed by atoms with Gasteiger partial charge in [-0.3, -0.25) is 0 Å². The molecule has 0 saturated heterocycles. The number of hydrogen-bond donors (Lipinski definition) is 0. The van der Waals surface area contributed by atoms with E-state index in [1.54, 1.807) is 0 Å². The fourth-order valence-corrected chi connectivity index (χ4v) is 2.27. The fraction of sp³-hybridized carbons (Fsp3) is 1.00. The van der Waals surface area contributed by atoms with Crippen LogP contribution in [0, 0.1) is 22.7 Å². The molecular formula is C10H19NO. The van der Waals surface area contributed by atoms with Crippen molar-refractivity contribution in [1.82, 2.24) is 0 Å². The van der Waals surface area contributed by atoms with Crippen LogP contribution in [0.4, 0.5) is 0 Å². The van der Waals surface area contributed by atoms with Crippen LogP contribution >= 0.6 is 0 Å². The summed E-state index contributed by atoms with van der Waals surface area (Å²) in [5.41, 5.74) is 0. The van der Waals surface area contributed by atoms with Gasteiger partial charge in [0, 0.05) is 0 Å². The van der Waals surface area contributed by atoms with E-state index in [0.29, 0.717) is 17.8 Å². The van der Waals surface area contributed by atoms with Crippen LogP contribution in [-0.2, 0) is 0 Å². The molecule has 0 aromatic carbocycles. The van der Waals surface area contributed by atoms with E-state index in [1.807, 2.05) is 0 Å². The van der Waals surface area contributed by atoms with Crippen LogP contribution in [0.15, 0.2) is 5.18 Å². The number of nitrogens with zero attached hydrogens (tertiary/aromatic N) is 1. The Morgan fingerprint density at radius 2 is 2.00 bits per heavy atom. The van der Waals surface area contributed by atoms with Crippen molar-refractivity contribution in [1.29, 1.82) is 0 Å². The zero-order valence-corrected chi connectivity index (χ0v) is 8.29. The van der Waals surface area contributed by atoms with Crippen molar-refractivity contribution in [2.24, 2.45) is 22.9 Å². The Balaban J connectivity index is 2.56. The third-order valence-corrected chi connectivity index (χ3v) is 3.12. The molecule has 3 atom stereocenters. The van der Waals surface area contributed by atoms with Crippen LogP contribution in [0.3, 0.4) is 0 Å². The quantitative estimate of drug-likeness (QED) is 0.583. The summed E-state index contributed by atoms with van der Waals surface area (Å²) in [7, 11) is 0. The molecule has 2 heteroatoms. The highest BCUT2D eigenvalue weighted by Crippen LogP contribution is 2.34. The maximum absolute atomic E-state index is 10.6. The Hall–Kier alpha value is -0.400. The Kier molecular flexibility index (Phi) is 3.24. The average Bonchev–Trinajstić information content (AvgIpc) is 2.03. The van der Waals surface area contributed by atoms with Gasteiger partial charge in [-0.1, -0.05) is 32.4 Å². The summed E-state index contributed by atoms with van der Waals surface area (Å²) in [6.07, 6.45) is 3.47. The van der Waals surface area contributed by atoms with Crippen LogP contribution in [0.25, 0.3) is 0 Å². The topological polar surface area (TPSA) is 29.4 Å². The van der Waals surface area contributed by atoms with E-state index in [-0.39, 0.29) is 6.04 Å². The van der Waals surface area contributed by atoms with Crippen LogP contribution < -0.4 is 0 Å². The van der Waals surface area contributed by atoms with Crippen molar-refractivity contribution in [3.05, 3.63) is 4.91 Å². The number of rotatable bonds is 2. The highest BCUT2D eigenvalue weighted by molar-refractivity contribution is 4.84. The molecule has 0 amide bonds. The predicted molar refractivity (Wildman–Crippen MR) is 50.9 cm³/mol. The van der Waals surface area contributed by atoms with Crippen LogP contribution in [0.1, 0.15) is 40.0 Å². The highest BCUT2D eigenvalue weighted by atomic mass is 16.3. The summed E-state index contributed by atoms with van der Waals surface area (Å²) < 4.78 is 0. The summed E-state index contributed by atoms with van der Waals surface area (Å²) in [5, 5.41) is 3.25. The molecule has 0 aliphatic heterocycles. The average molecular weight is 169 g/mol. The lowest BCUT2D eigenvalue weighted by Gasteiger charge is -2.32. The van der Waals surface area contributed by atoms with Crippen molar-refractivity contribution < 1.29 is 0 Å². The zero-order chi connectivity index (χ0) is 9.14. The first kappa shape index (κ1) is 9.69. The second-order valence-corrected chi connectivity index (χ2v) is 4.50. The maximum Gasteiger partial charge on any atom is 0.0952 e. The summed E-state index contributed by atoms with van der Waals surface area (Å²) >= 11 is 0. The molecule has 0 aromatic rings. The van der Waals surface area contributed by atoms with Gasteiger partial charge in [0.2, 0.25) is 0 Å². The largest absolute Gasteiger partial charge is 0.151 e. The van der Waals surface area contributed by atoms with Gasteiger partial charge < -0.3 is 0 Å². The van der Waals surface area contributed by atoms with Crippen molar-refractivity contribution in [2.75, 3.05) is 0 Å². The minimum absolute atomic E-state index is 0.0914. The van der Waals surface area contributed by atoms with E-state index < -0.39 is 0 Å². The van der Waals surface area contributed by atoms with E-state index in [4.69, 9.17) is 0 Å². The summed E-state index contributed by atoms with van der Waals surface area (Å²) in [6.45, 7) is 6.60. The second-order valence-electron chi connectivity index (χ2n) is 4.50. The molecule has 0 N–H and O–H groups in total. The van der Waals surface area contributed by atoms with E-state index in [0.717, 1.165) is 6.42 Å². The SMILES string of the molecule is CC1CCC(C(C)C)C(N=O)C1. The Bertz CT molecular complexity index is 156. The zero-order valence-electron chi connectivity index (χ0n) is 8.29. The highest BCUT2D eigenvalue weighted by Gasteiger charge is 2.31. The molecule has 1 saturated carbocycles. The molecule has 70 valence electrons. The molecular weight excluding hydrogens is 150 g/mol. The molecule has 2 nitrogen and oxygen atoms in total. The molecule has 0 heterocycles. The minimum Gasteiger partial charge on any atom is -0.151 e. The lowest BCUT2D eigenvalue weighted by molar-refractivity contribution is 0.200. The third kappa shape index (κ3) is 2.05. The van der Waals surface area contributed by atoms with Gasteiger partial charge in [-0.2, -0.15) is 4.91 Å². The number of hydrogen-bond acceptors (Lipinski definition) is 2. The Morgan fingerprint density at radius 3 is 2.50 bits per heavy atom. The van der Waals surface area contributed by atoms with E-state index in [9.17, 15) is 4.91 Å². The molecule has 1 aliphatic rings. The van der Waals surface area contributed by atoms with Gasteiger partial charge in [-0.15, -0.1) is 0 Å². The molecule has 1 fully saturated rings. The molecule has 0 aromatic heterocycles. The van der Waals surface area contributed by atoms with E-state index in [1.165, 1.54) is 12.8 Å². The molecule has 1 rings (SSSR count). The molecule has 3 unspecified atom stereocenters. The lowest BCUT2D eigenvalue weighted by Crippen LogP contribution is -2.30. The molecule has 12 heavy (non-hydrogen) atoms. The first-order valence-electron chi connectivity index (χ1n) is 4.97. The summed E-state index contributed by atoms with van der Waals surface area (Å²) in [6, 6.07) is 0.0914. The smallest absolute Gasteiger partial charge is 0.0952 e. The lowest BCUT2D eigenvalue weighted by atomic mass is 9.74. The van der Waals surface area contributed by atoms with Crippen LogP contribution in [-0.4, -0.2) is 6.04 Å². The van der Waals surface area contributed by atoms with Crippen molar-refractivity contribution in [3.63, 3.8) is 0 Å². The summed E-state index contributed by atoms with van der Waals surface area (Å²) in [4.78, 5) is 10.6. The third-order valence-electron chi connectivity index (χ3n) is 3.12. The standard InChI is InChI=1S/C10H19NO/c1-7(2)9-5-4-8(3)6-10(9)11-12/h7-10H,4-6H2,1-3H3. The van der Waals surface area contributed by atoms with Gasteiger partial charge in [0.05, 0.1) is 6.04 Å². The van der Waals surface area contributed by atoms with Gasteiger partial charge in [0.25, 0.3) is 0 Å². The molecule has 0 spiro atoms. The first-order valence-corrected chi connectivity index (χ1v) is 4.97. The minimum atomic E-state index is 0.0914. The normalized spacial score (nSPS) is 36.8. The van der Waals surface area contributed by atoms with Gasteiger partial charge >= 0.3 is 0 Å².